The third kappa shape index (κ3) is 2.54. The smallest absolute Gasteiger partial charge is 0.326 e. The molecule has 0 aromatic heterocycles. The number of nitrogens with one attached hydrogen (secondary N) is 1. The quantitative estimate of drug-likeness (QED) is 0.718. The minimum atomic E-state index is -0.929. The molecule has 16 heavy (non-hydrogen) atoms. The van der Waals surface area contributed by atoms with Crippen LogP contribution in [0.4, 0.5) is 0 Å². The molecule has 2 aliphatic carbocycles. The zero-order valence-electron chi connectivity index (χ0n) is 9.61. The van der Waals surface area contributed by atoms with Crippen LogP contribution in [0.3, 0.4) is 0 Å². The van der Waals surface area contributed by atoms with E-state index in [2.05, 4.69) is 5.32 Å². The van der Waals surface area contributed by atoms with Crippen molar-refractivity contribution in [3.8, 4) is 0 Å². The van der Waals surface area contributed by atoms with Crippen LogP contribution in [0.15, 0.2) is 0 Å². The molecule has 2 aliphatic rings. The Morgan fingerprint density at radius 1 is 1.25 bits per heavy atom. The maximum atomic E-state index is 12.0. The summed E-state index contributed by atoms with van der Waals surface area (Å²) in [4.78, 5) is 22.9. The highest BCUT2D eigenvalue weighted by Crippen LogP contribution is 2.49. The molecule has 2 saturated carbocycles. The number of amides is 1. The lowest BCUT2D eigenvalue weighted by molar-refractivity contribution is -0.142. The van der Waals surface area contributed by atoms with Crippen molar-refractivity contribution >= 4 is 11.9 Å². The van der Waals surface area contributed by atoms with Crippen LogP contribution in [-0.4, -0.2) is 23.0 Å². The summed E-state index contributed by atoms with van der Waals surface area (Å²) in [6.45, 7) is 1.78. The van der Waals surface area contributed by atoms with Gasteiger partial charge in [-0.3, -0.25) is 4.79 Å². The van der Waals surface area contributed by atoms with Gasteiger partial charge in [-0.2, -0.15) is 0 Å². The first-order valence-electron chi connectivity index (χ1n) is 6.16. The van der Waals surface area contributed by atoms with Gasteiger partial charge >= 0.3 is 5.97 Å². The number of hydrogen-bond donors (Lipinski definition) is 2. The molecule has 0 saturated heterocycles. The van der Waals surface area contributed by atoms with Gasteiger partial charge in [0.25, 0.3) is 0 Å². The number of hydrogen-bond acceptors (Lipinski definition) is 2. The number of carbonyl (C=O) groups excluding carboxylic acids is 1. The summed E-state index contributed by atoms with van der Waals surface area (Å²) in [5, 5.41) is 11.6. The first-order chi connectivity index (χ1) is 7.63. The highest BCUT2D eigenvalue weighted by molar-refractivity contribution is 5.85. The average molecular weight is 225 g/mol. The summed E-state index contributed by atoms with van der Waals surface area (Å²) in [6, 6.07) is -0.715. The molecule has 4 nitrogen and oxygen atoms in total. The predicted molar refractivity (Wildman–Crippen MR) is 58.8 cm³/mol. The van der Waals surface area contributed by atoms with Crippen LogP contribution in [0.25, 0.3) is 0 Å². The van der Waals surface area contributed by atoms with E-state index in [1.165, 1.54) is 0 Å². The fourth-order valence-corrected chi connectivity index (χ4v) is 2.33. The lowest BCUT2D eigenvalue weighted by Crippen LogP contribution is -2.44. The van der Waals surface area contributed by atoms with Crippen LogP contribution in [0.2, 0.25) is 0 Å². The molecule has 2 rings (SSSR count). The van der Waals surface area contributed by atoms with E-state index in [0.29, 0.717) is 18.3 Å². The summed E-state index contributed by atoms with van der Waals surface area (Å²) < 4.78 is 0. The molecule has 4 heteroatoms. The van der Waals surface area contributed by atoms with Gasteiger partial charge < -0.3 is 10.4 Å². The predicted octanol–water partition coefficient (Wildman–Crippen LogP) is 1.40. The minimum Gasteiger partial charge on any atom is -0.480 e. The molecule has 2 fully saturated rings. The van der Waals surface area contributed by atoms with Gasteiger partial charge in [0.2, 0.25) is 5.91 Å². The minimum absolute atomic E-state index is 0.0285. The Bertz CT molecular complexity index is 283. The largest absolute Gasteiger partial charge is 0.480 e. The van der Waals surface area contributed by atoms with Gasteiger partial charge in [-0.25, -0.2) is 4.79 Å². The molecule has 0 bridgehead atoms. The molecule has 1 atom stereocenters. The SMILES string of the molecule is CCC(NC(=O)C(C1CC1)C1CC1)C(=O)O. The fraction of sp³-hybridized carbons (Fsp3) is 0.833. The van der Waals surface area contributed by atoms with E-state index in [-0.39, 0.29) is 11.8 Å². The molecule has 0 heterocycles. The van der Waals surface area contributed by atoms with Gasteiger partial charge in [-0.1, -0.05) is 6.92 Å². The van der Waals surface area contributed by atoms with E-state index in [0.717, 1.165) is 25.7 Å². The number of carboxylic acids is 1. The Hall–Kier alpha value is -1.06. The number of carbonyl (C=O) groups is 2. The van der Waals surface area contributed by atoms with Gasteiger partial charge in [-0.05, 0) is 43.9 Å². The molecule has 0 aromatic carbocycles. The second-order valence-corrected chi connectivity index (χ2v) is 5.01. The molecular weight excluding hydrogens is 206 g/mol. The Morgan fingerprint density at radius 3 is 2.06 bits per heavy atom. The van der Waals surface area contributed by atoms with E-state index in [1.807, 2.05) is 0 Å². The van der Waals surface area contributed by atoms with Gasteiger partial charge in [-0.15, -0.1) is 0 Å². The van der Waals surface area contributed by atoms with E-state index < -0.39 is 12.0 Å². The third-order valence-electron chi connectivity index (χ3n) is 3.59. The Labute approximate surface area is 95.4 Å². The molecule has 90 valence electrons. The summed E-state index contributed by atoms with van der Waals surface area (Å²) >= 11 is 0. The van der Waals surface area contributed by atoms with Crippen molar-refractivity contribution in [3.05, 3.63) is 0 Å². The van der Waals surface area contributed by atoms with Crippen LogP contribution in [0, 0.1) is 17.8 Å². The molecule has 1 amide bonds. The topological polar surface area (TPSA) is 66.4 Å². The second kappa shape index (κ2) is 4.44. The van der Waals surface area contributed by atoms with Crippen molar-refractivity contribution < 1.29 is 14.7 Å². The van der Waals surface area contributed by atoms with Crippen LogP contribution < -0.4 is 5.32 Å². The normalized spacial score (nSPS) is 21.9. The lowest BCUT2D eigenvalue weighted by Gasteiger charge is -2.18. The van der Waals surface area contributed by atoms with Crippen molar-refractivity contribution in [2.45, 2.75) is 45.1 Å². The molecule has 0 aliphatic heterocycles. The van der Waals surface area contributed by atoms with Crippen molar-refractivity contribution in [2.75, 3.05) is 0 Å². The first kappa shape index (κ1) is 11.4. The van der Waals surface area contributed by atoms with Crippen LogP contribution >= 0.6 is 0 Å². The third-order valence-corrected chi connectivity index (χ3v) is 3.59. The Kier molecular flexibility index (Phi) is 3.17. The van der Waals surface area contributed by atoms with E-state index in [4.69, 9.17) is 5.11 Å². The molecule has 0 aromatic rings. The molecule has 0 spiro atoms. The van der Waals surface area contributed by atoms with Gasteiger partial charge in [0, 0.05) is 5.92 Å². The summed E-state index contributed by atoms with van der Waals surface area (Å²) in [5.41, 5.74) is 0. The molecule has 1 unspecified atom stereocenters. The van der Waals surface area contributed by atoms with Crippen LogP contribution in [0.1, 0.15) is 39.0 Å². The number of carboxylic acid groups (broad SMARTS) is 1. The van der Waals surface area contributed by atoms with Gasteiger partial charge in [0.1, 0.15) is 6.04 Å². The zero-order valence-corrected chi connectivity index (χ0v) is 9.61. The zero-order chi connectivity index (χ0) is 11.7. The van der Waals surface area contributed by atoms with Crippen LogP contribution in [-0.2, 0) is 9.59 Å². The Balaban J connectivity index is 1.91. The molecule has 0 radical (unpaired) electrons. The molecular formula is C12H19NO3. The highest BCUT2D eigenvalue weighted by Gasteiger charge is 2.46. The van der Waals surface area contributed by atoms with Crippen molar-refractivity contribution in [1.82, 2.24) is 5.32 Å². The molecule has 2 N–H and O–H groups in total. The maximum absolute atomic E-state index is 12.0. The number of aliphatic carboxylic acids is 1. The van der Waals surface area contributed by atoms with Crippen LogP contribution in [0.5, 0.6) is 0 Å². The Morgan fingerprint density at radius 2 is 1.75 bits per heavy atom. The van der Waals surface area contributed by atoms with Crippen molar-refractivity contribution in [2.24, 2.45) is 17.8 Å². The van der Waals surface area contributed by atoms with E-state index in [1.54, 1.807) is 6.92 Å². The summed E-state index contributed by atoms with van der Waals surface area (Å²) in [6.07, 6.45) is 5.00. The highest BCUT2D eigenvalue weighted by atomic mass is 16.4. The van der Waals surface area contributed by atoms with Crippen molar-refractivity contribution in [1.29, 1.82) is 0 Å². The van der Waals surface area contributed by atoms with E-state index in [9.17, 15) is 9.59 Å². The summed E-state index contributed by atoms with van der Waals surface area (Å²) in [7, 11) is 0. The second-order valence-electron chi connectivity index (χ2n) is 5.01. The summed E-state index contributed by atoms with van der Waals surface area (Å²) in [5.74, 6) is 0.187. The standard InChI is InChI=1S/C12H19NO3/c1-2-9(12(15)16)13-11(14)10(7-3-4-7)8-5-6-8/h7-10H,2-6H2,1H3,(H,13,14)(H,15,16). The monoisotopic (exact) mass is 225 g/mol. The number of rotatable bonds is 6. The maximum Gasteiger partial charge on any atom is 0.326 e. The fourth-order valence-electron chi connectivity index (χ4n) is 2.33. The first-order valence-corrected chi connectivity index (χ1v) is 6.16. The average Bonchev–Trinajstić information content (AvgIpc) is 3.07. The van der Waals surface area contributed by atoms with E-state index >= 15 is 0 Å². The lowest BCUT2D eigenvalue weighted by atomic mass is 9.96. The van der Waals surface area contributed by atoms with Gasteiger partial charge in [0.05, 0.1) is 0 Å². The van der Waals surface area contributed by atoms with Crippen molar-refractivity contribution in [3.63, 3.8) is 0 Å². The van der Waals surface area contributed by atoms with Gasteiger partial charge in [0.15, 0.2) is 0 Å².